The molecule has 2 aromatic carbocycles. The van der Waals surface area contributed by atoms with Crippen LogP contribution in [-0.4, -0.2) is 16.1 Å². The third kappa shape index (κ3) is 4.89. The fourth-order valence-corrected chi connectivity index (χ4v) is 4.21. The molecular weight excluding hydrogens is 369 g/mol. The molecule has 134 valence electrons. The zero-order valence-corrected chi connectivity index (χ0v) is 15.8. The molecule has 4 nitrogen and oxygen atoms in total. The van der Waals surface area contributed by atoms with Gasteiger partial charge in [-0.25, -0.2) is 4.39 Å². The summed E-state index contributed by atoms with van der Waals surface area (Å²) >= 11 is 2.85. The van der Waals surface area contributed by atoms with E-state index in [4.69, 9.17) is 0 Å². The van der Waals surface area contributed by atoms with Crippen LogP contribution in [0.5, 0.6) is 0 Å². The molecule has 0 aliphatic carbocycles. The van der Waals surface area contributed by atoms with E-state index in [2.05, 4.69) is 15.5 Å². The second kappa shape index (κ2) is 8.91. The van der Waals surface area contributed by atoms with Crippen molar-refractivity contribution in [2.45, 2.75) is 29.4 Å². The van der Waals surface area contributed by atoms with Gasteiger partial charge < -0.3 is 0 Å². The molecule has 1 N–H and O–H groups in total. The number of anilines is 1. The van der Waals surface area contributed by atoms with E-state index in [1.54, 1.807) is 12.1 Å². The number of carbonyl (C=O) groups is 1. The number of rotatable bonds is 7. The van der Waals surface area contributed by atoms with E-state index >= 15 is 0 Å². The number of nitrogens with one attached hydrogen (secondary N) is 1. The predicted molar refractivity (Wildman–Crippen MR) is 104 cm³/mol. The Balaban J connectivity index is 1.59. The summed E-state index contributed by atoms with van der Waals surface area (Å²) in [5, 5.41) is 11.5. The van der Waals surface area contributed by atoms with Crippen molar-refractivity contribution in [2.24, 2.45) is 0 Å². The van der Waals surface area contributed by atoms with Gasteiger partial charge in [0.15, 0.2) is 4.34 Å². The maximum atomic E-state index is 12.9. The highest BCUT2D eigenvalue weighted by molar-refractivity contribution is 8.00. The molecule has 26 heavy (non-hydrogen) atoms. The van der Waals surface area contributed by atoms with Crippen molar-refractivity contribution in [3.8, 4) is 0 Å². The van der Waals surface area contributed by atoms with E-state index < -0.39 is 0 Å². The summed E-state index contributed by atoms with van der Waals surface area (Å²) < 4.78 is 13.7. The first-order chi connectivity index (χ1) is 12.7. The number of thioether (sulfide) groups is 1. The van der Waals surface area contributed by atoms with E-state index in [1.165, 1.54) is 35.2 Å². The summed E-state index contributed by atoms with van der Waals surface area (Å²) in [5.41, 5.74) is 2.00. The zero-order chi connectivity index (χ0) is 18.4. The number of halogens is 1. The Morgan fingerprint density at radius 2 is 1.88 bits per heavy atom. The topological polar surface area (TPSA) is 54.9 Å². The van der Waals surface area contributed by atoms with Crippen molar-refractivity contribution >= 4 is 34.1 Å². The minimum absolute atomic E-state index is 0.0788. The predicted octanol–water partition coefficient (Wildman–Crippen LogP) is 5.10. The Morgan fingerprint density at radius 1 is 1.15 bits per heavy atom. The van der Waals surface area contributed by atoms with Crippen LogP contribution in [-0.2, 0) is 10.5 Å². The van der Waals surface area contributed by atoms with Crippen LogP contribution in [0.15, 0.2) is 58.9 Å². The molecule has 7 heteroatoms. The lowest BCUT2D eigenvalue weighted by atomic mass is 9.96. The SMILES string of the molecule is CC[C@@H](C(=O)Nc1nnc(SCc2ccc(F)cc2)s1)c1ccccc1. The summed E-state index contributed by atoms with van der Waals surface area (Å²) in [4.78, 5) is 12.6. The summed E-state index contributed by atoms with van der Waals surface area (Å²) in [7, 11) is 0. The van der Waals surface area contributed by atoms with Gasteiger partial charge in [0.05, 0.1) is 5.92 Å². The molecule has 0 radical (unpaired) electrons. The molecule has 0 aliphatic heterocycles. The first-order valence-electron chi connectivity index (χ1n) is 8.22. The zero-order valence-electron chi connectivity index (χ0n) is 14.2. The molecule has 0 bridgehead atoms. The first kappa shape index (κ1) is 18.5. The normalized spacial score (nSPS) is 11.9. The lowest BCUT2D eigenvalue weighted by Gasteiger charge is -2.13. The van der Waals surface area contributed by atoms with Gasteiger partial charge in [-0.3, -0.25) is 10.1 Å². The molecule has 0 unspecified atom stereocenters. The van der Waals surface area contributed by atoms with Gasteiger partial charge in [-0.05, 0) is 29.7 Å². The van der Waals surface area contributed by atoms with Crippen LogP contribution in [0.2, 0.25) is 0 Å². The Hall–Kier alpha value is -2.25. The molecule has 0 spiro atoms. The molecule has 0 saturated heterocycles. The van der Waals surface area contributed by atoms with E-state index in [9.17, 15) is 9.18 Å². The van der Waals surface area contributed by atoms with Crippen molar-refractivity contribution in [3.05, 3.63) is 71.5 Å². The fraction of sp³-hybridized carbons (Fsp3) is 0.211. The number of carbonyl (C=O) groups excluding carboxylic acids is 1. The number of amides is 1. The lowest BCUT2D eigenvalue weighted by molar-refractivity contribution is -0.117. The van der Waals surface area contributed by atoms with Gasteiger partial charge in [-0.1, -0.05) is 72.5 Å². The van der Waals surface area contributed by atoms with E-state index in [-0.39, 0.29) is 17.6 Å². The Labute approximate surface area is 159 Å². The maximum Gasteiger partial charge on any atom is 0.233 e. The van der Waals surface area contributed by atoms with Gasteiger partial charge in [0.1, 0.15) is 5.82 Å². The second-order valence-corrected chi connectivity index (χ2v) is 7.85. The number of hydrogen-bond acceptors (Lipinski definition) is 5. The highest BCUT2D eigenvalue weighted by Crippen LogP contribution is 2.29. The quantitative estimate of drug-likeness (QED) is 0.452. The van der Waals surface area contributed by atoms with E-state index in [0.717, 1.165) is 15.5 Å². The Kier molecular flexibility index (Phi) is 6.35. The molecule has 3 rings (SSSR count). The molecule has 0 fully saturated rings. The van der Waals surface area contributed by atoms with Crippen LogP contribution >= 0.6 is 23.1 Å². The molecule has 1 atom stereocenters. The monoisotopic (exact) mass is 387 g/mol. The standard InChI is InChI=1S/C19H18FN3OS2/c1-2-16(14-6-4-3-5-7-14)17(24)21-18-22-23-19(26-18)25-12-13-8-10-15(20)11-9-13/h3-11,16H,2,12H2,1H3,(H,21,22,24)/t16-/m1/s1. The largest absolute Gasteiger partial charge is 0.300 e. The van der Waals surface area contributed by atoms with Crippen molar-refractivity contribution in [1.82, 2.24) is 10.2 Å². The van der Waals surface area contributed by atoms with Crippen LogP contribution in [0.1, 0.15) is 30.4 Å². The summed E-state index contributed by atoms with van der Waals surface area (Å²) in [6.45, 7) is 1.99. The van der Waals surface area contributed by atoms with Crippen molar-refractivity contribution in [1.29, 1.82) is 0 Å². The van der Waals surface area contributed by atoms with Crippen molar-refractivity contribution in [3.63, 3.8) is 0 Å². The molecule has 0 saturated carbocycles. The molecule has 3 aromatic rings. The van der Waals surface area contributed by atoms with Crippen LogP contribution in [0.3, 0.4) is 0 Å². The molecule has 1 amide bonds. The number of aromatic nitrogens is 2. The second-order valence-electron chi connectivity index (χ2n) is 5.65. The summed E-state index contributed by atoms with van der Waals surface area (Å²) in [6, 6.07) is 16.1. The van der Waals surface area contributed by atoms with Crippen LogP contribution in [0.25, 0.3) is 0 Å². The highest BCUT2D eigenvalue weighted by Gasteiger charge is 2.20. The van der Waals surface area contributed by atoms with E-state index in [1.807, 2.05) is 37.3 Å². The molecule has 0 aliphatic rings. The number of benzene rings is 2. The first-order valence-corrected chi connectivity index (χ1v) is 10.0. The number of nitrogens with zero attached hydrogens (tertiary/aromatic N) is 2. The summed E-state index contributed by atoms with van der Waals surface area (Å²) in [6.07, 6.45) is 0.709. The van der Waals surface area contributed by atoms with Gasteiger partial charge in [0, 0.05) is 5.75 Å². The van der Waals surface area contributed by atoms with Crippen molar-refractivity contribution in [2.75, 3.05) is 5.32 Å². The highest BCUT2D eigenvalue weighted by atomic mass is 32.2. The molecule has 1 heterocycles. The fourth-order valence-electron chi connectivity index (χ4n) is 2.49. The maximum absolute atomic E-state index is 12.9. The minimum Gasteiger partial charge on any atom is -0.300 e. The molecule has 1 aromatic heterocycles. The smallest absolute Gasteiger partial charge is 0.233 e. The third-order valence-corrected chi connectivity index (χ3v) is 5.88. The van der Waals surface area contributed by atoms with Crippen LogP contribution in [0, 0.1) is 5.82 Å². The van der Waals surface area contributed by atoms with Gasteiger partial charge in [-0.15, -0.1) is 10.2 Å². The number of hydrogen-bond donors (Lipinski definition) is 1. The van der Waals surface area contributed by atoms with Gasteiger partial charge >= 0.3 is 0 Å². The Morgan fingerprint density at radius 3 is 2.58 bits per heavy atom. The van der Waals surface area contributed by atoms with Gasteiger partial charge in [-0.2, -0.15) is 0 Å². The van der Waals surface area contributed by atoms with Gasteiger partial charge in [0.2, 0.25) is 11.0 Å². The minimum atomic E-state index is -0.247. The Bertz CT molecular complexity index is 853. The lowest BCUT2D eigenvalue weighted by Crippen LogP contribution is -2.20. The van der Waals surface area contributed by atoms with Crippen LogP contribution < -0.4 is 5.32 Å². The molecular formula is C19H18FN3OS2. The van der Waals surface area contributed by atoms with Gasteiger partial charge in [0.25, 0.3) is 0 Å². The van der Waals surface area contributed by atoms with Crippen LogP contribution in [0.4, 0.5) is 9.52 Å². The van der Waals surface area contributed by atoms with Crippen molar-refractivity contribution < 1.29 is 9.18 Å². The van der Waals surface area contributed by atoms with E-state index in [0.29, 0.717) is 17.3 Å². The average molecular weight is 388 g/mol. The average Bonchev–Trinajstić information content (AvgIpc) is 3.10. The summed E-state index contributed by atoms with van der Waals surface area (Å²) in [5.74, 6) is 0.133. The third-order valence-electron chi connectivity index (χ3n) is 3.84.